The zero-order chi connectivity index (χ0) is 18.4. The minimum atomic E-state index is -0.709. The maximum absolute atomic E-state index is 11.4. The maximum Gasteiger partial charge on any atom is 0.358 e. The highest BCUT2D eigenvalue weighted by Gasteiger charge is 2.15. The number of aromatic nitrogens is 1. The van der Waals surface area contributed by atoms with Crippen LogP contribution in [0.4, 0.5) is 0 Å². The second-order valence-corrected chi connectivity index (χ2v) is 4.05. The molecule has 1 rings (SSSR count). The number of hydrazine groups is 1. The first-order valence-corrected chi connectivity index (χ1v) is 7.88. The molecule has 1 aromatic heterocycles. The molecule has 0 unspecified atom stereocenters. The third kappa shape index (κ3) is 8.90. The number of rotatable bonds is 5. The molecule has 0 saturated heterocycles. The smallest absolute Gasteiger partial charge is 0.358 e. The van der Waals surface area contributed by atoms with E-state index in [1.54, 1.807) is 19.1 Å². The monoisotopic (exact) mass is 345 g/mol. The Bertz CT molecular complexity index is 477. The van der Waals surface area contributed by atoms with E-state index >= 15 is 0 Å². The number of ether oxygens (including phenoxy) is 1. The second kappa shape index (κ2) is 13.7. The molecule has 1 aromatic rings. The summed E-state index contributed by atoms with van der Waals surface area (Å²) in [6.45, 7) is 10.1. The molecule has 0 aliphatic carbocycles. The Morgan fingerprint density at radius 1 is 1.26 bits per heavy atom. The Balaban J connectivity index is 0. The van der Waals surface area contributed by atoms with Crippen molar-refractivity contribution in [1.82, 2.24) is 9.99 Å². The van der Waals surface area contributed by atoms with Crippen LogP contribution in [0.1, 0.15) is 40.3 Å². The quantitative estimate of drug-likeness (QED) is 0.323. The summed E-state index contributed by atoms with van der Waals surface area (Å²) in [7, 11) is 0. The number of halogens is 1. The lowest BCUT2D eigenvalue weighted by Gasteiger charge is -2.19. The molecule has 0 amide bonds. The molecule has 0 aliphatic rings. The topological polar surface area (TPSA) is 120 Å². The summed E-state index contributed by atoms with van der Waals surface area (Å²) in [5.41, 5.74) is 11.6. The number of hydrogen-bond acceptors (Lipinski definition) is 7. The lowest BCUT2D eigenvalue weighted by Crippen LogP contribution is -2.38. The predicted molar refractivity (Wildman–Crippen MR) is 93.7 cm³/mol. The first-order chi connectivity index (χ1) is 11.0. The first-order valence-electron chi connectivity index (χ1n) is 7.50. The minimum absolute atomic E-state index is 0.0739. The fourth-order valence-corrected chi connectivity index (χ4v) is 1.34. The van der Waals surface area contributed by atoms with E-state index in [1.807, 2.05) is 27.7 Å². The van der Waals surface area contributed by atoms with E-state index in [0.717, 1.165) is 5.01 Å². The summed E-state index contributed by atoms with van der Waals surface area (Å²) in [4.78, 5) is 15.4. The highest BCUT2D eigenvalue weighted by Crippen LogP contribution is 2.08. The van der Waals surface area contributed by atoms with Gasteiger partial charge in [0.2, 0.25) is 0 Å². The van der Waals surface area contributed by atoms with Crippen molar-refractivity contribution in [2.24, 2.45) is 17.3 Å². The maximum atomic E-state index is 11.4. The lowest BCUT2D eigenvalue weighted by molar-refractivity contribution is -0.138. The summed E-state index contributed by atoms with van der Waals surface area (Å²) in [5, 5.41) is 1.63. The fraction of sp³-hybridized carbons (Fsp3) is 0.467. The molecule has 0 aliphatic heterocycles. The number of nitrogens with two attached hydrogens (primary N) is 3. The van der Waals surface area contributed by atoms with E-state index in [9.17, 15) is 4.79 Å². The van der Waals surface area contributed by atoms with Crippen molar-refractivity contribution >= 4 is 17.6 Å². The van der Waals surface area contributed by atoms with Gasteiger partial charge in [0.05, 0.1) is 23.9 Å². The molecule has 0 fully saturated rings. The van der Waals surface area contributed by atoms with Gasteiger partial charge in [-0.05, 0) is 19.1 Å². The van der Waals surface area contributed by atoms with Gasteiger partial charge in [-0.15, -0.1) is 0 Å². The van der Waals surface area contributed by atoms with E-state index < -0.39 is 5.97 Å². The van der Waals surface area contributed by atoms with E-state index in [-0.39, 0.29) is 24.7 Å². The molecule has 0 spiro atoms. The number of nitrogens with zero attached hydrogens (tertiary/aromatic N) is 2. The van der Waals surface area contributed by atoms with Crippen LogP contribution in [0, 0.1) is 0 Å². The molecule has 0 radical (unpaired) electrons. The molecule has 23 heavy (non-hydrogen) atoms. The summed E-state index contributed by atoms with van der Waals surface area (Å²) in [6, 6.07) is 3.36. The van der Waals surface area contributed by atoms with Crippen LogP contribution in [-0.2, 0) is 16.1 Å². The van der Waals surface area contributed by atoms with Gasteiger partial charge in [0, 0.05) is 6.20 Å². The first kappa shape index (κ1) is 23.3. The normalized spacial score (nSPS) is 10.2. The molecule has 0 bridgehead atoms. The van der Waals surface area contributed by atoms with Crippen LogP contribution in [0.5, 0.6) is 0 Å². The van der Waals surface area contributed by atoms with E-state index in [1.165, 1.54) is 6.20 Å². The molecule has 0 saturated carbocycles. The number of carbonyl (C=O) groups excluding carboxylic acids is 1. The second-order valence-electron chi connectivity index (χ2n) is 3.62. The van der Waals surface area contributed by atoms with Crippen LogP contribution >= 0.6 is 11.6 Å². The van der Waals surface area contributed by atoms with Crippen molar-refractivity contribution in [1.29, 1.82) is 0 Å². The number of esters is 1. The SMILES string of the molecule is CC.CC.CCOC(=O)/C(N)=C(\N)N(N)Cc1ccc(Cl)cn1. The van der Waals surface area contributed by atoms with Crippen LogP contribution in [0.2, 0.25) is 5.02 Å². The summed E-state index contributed by atoms with van der Waals surface area (Å²) in [5.74, 6) is 4.93. The van der Waals surface area contributed by atoms with Gasteiger partial charge in [0.15, 0.2) is 5.70 Å². The lowest BCUT2D eigenvalue weighted by atomic mass is 10.3. The highest BCUT2D eigenvalue weighted by molar-refractivity contribution is 6.30. The summed E-state index contributed by atoms with van der Waals surface area (Å²) < 4.78 is 4.72. The predicted octanol–water partition coefficient (Wildman–Crippen LogP) is 2.11. The molecular weight excluding hydrogens is 318 g/mol. The third-order valence-corrected chi connectivity index (χ3v) is 2.43. The van der Waals surface area contributed by atoms with Crippen LogP contribution < -0.4 is 17.3 Å². The molecule has 0 aromatic carbocycles. The van der Waals surface area contributed by atoms with Gasteiger partial charge in [0.25, 0.3) is 0 Å². The van der Waals surface area contributed by atoms with E-state index in [2.05, 4.69) is 4.98 Å². The zero-order valence-corrected chi connectivity index (χ0v) is 15.2. The van der Waals surface area contributed by atoms with Gasteiger partial charge < -0.3 is 16.2 Å². The van der Waals surface area contributed by atoms with Gasteiger partial charge in [-0.25, -0.2) is 10.6 Å². The van der Waals surface area contributed by atoms with Gasteiger partial charge in [-0.3, -0.25) is 9.99 Å². The molecule has 7 nitrogen and oxygen atoms in total. The van der Waals surface area contributed by atoms with Crippen molar-refractivity contribution in [3.8, 4) is 0 Å². The summed E-state index contributed by atoms with van der Waals surface area (Å²) >= 11 is 5.71. The number of hydrogen-bond donors (Lipinski definition) is 3. The Hall–Kier alpha value is -1.99. The Morgan fingerprint density at radius 2 is 1.83 bits per heavy atom. The zero-order valence-electron chi connectivity index (χ0n) is 14.5. The third-order valence-electron chi connectivity index (χ3n) is 2.20. The molecule has 0 atom stereocenters. The van der Waals surface area contributed by atoms with Gasteiger partial charge in [-0.2, -0.15) is 0 Å². The largest absolute Gasteiger partial charge is 0.461 e. The average Bonchev–Trinajstić information content (AvgIpc) is 2.59. The van der Waals surface area contributed by atoms with Crippen LogP contribution in [0.25, 0.3) is 0 Å². The molecular formula is C15H28ClN5O2. The van der Waals surface area contributed by atoms with Gasteiger partial charge in [0.1, 0.15) is 5.82 Å². The molecule has 8 heteroatoms. The minimum Gasteiger partial charge on any atom is -0.461 e. The summed E-state index contributed by atoms with van der Waals surface area (Å²) in [6.07, 6.45) is 1.49. The average molecular weight is 346 g/mol. The van der Waals surface area contributed by atoms with E-state index in [0.29, 0.717) is 10.7 Å². The van der Waals surface area contributed by atoms with Gasteiger partial charge >= 0.3 is 5.97 Å². The van der Waals surface area contributed by atoms with E-state index in [4.69, 9.17) is 33.6 Å². The van der Waals surface area contributed by atoms with Crippen LogP contribution in [-0.4, -0.2) is 22.6 Å². The highest BCUT2D eigenvalue weighted by atomic mass is 35.5. The standard InChI is InChI=1S/C11H16ClN5O2.2C2H6/c1-2-19-11(18)9(13)10(14)17(15)6-8-4-3-7(12)5-16-8;2*1-2/h3-5H,2,6,13-15H2,1H3;2*1-2H3/b10-9-;;. The Labute approximate surface area is 143 Å². The van der Waals surface area contributed by atoms with Crippen molar-refractivity contribution in [3.05, 3.63) is 40.6 Å². The molecule has 6 N–H and O–H groups in total. The molecule has 1 heterocycles. The Morgan fingerprint density at radius 3 is 2.26 bits per heavy atom. The number of pyridine rings is 1. The molecule has 132 valence electrons. The van der Waals surface area contributed by atoms with Crippen molar-refractivity contribution in [3.63, 3.8) is 0 Å². The Kier molecular flexibility index (Phi) is 13.8. The van der Waals surface area contributed by atoms with Crippen molar-refractivity contribution in [2.45, 2.75) is 41.2 Å². The van der Waals surface area contributed by atoms with Crippen molar-refractivity contribution < 1.29 is 9.53 Å². The van der Waals surface area contributed by atoms with Crippen LogP contribution in [0.3, 0.4) is 0 Å². The van der Waals surface area contributed by atoms with Gasteiger partial charge in [-0.1, -0.05) is 39.3 Å². The van der Waals surface area contributed by atoms with Crippen molar-refractivity contribution in [2.75, 3.05) is 6.61 Å². The van der Waals surface area contributed by atoms with Crippen LogP contribution in [0.15, 0.2) is 29.8 Å². The number of carbonyl (C=O) groups is 1. The fourth-order valence-electron chi connectivity index (χ4n) is 1.23.